The predicted molar refractivity (Wildman–Crippen MR) is 215 cm³/mol. The third-order valence-corrected chi connectivity index (χ3v) is 10.7. The molecule has 11 rings (SSSR count). The predicted octanol–water partition coefficient (Wildman–Crippen LogP) is 12.8. The molecule has 0 bridgehead atoms. The van der Waals surface area contributed by atoms with Crippen LogP contribution in [0.25, 0.3) is 99.0 Å². The quantitative estimate of drug-likeness (QED) is 0.196. The average molecular weight is 650 g/mol. The van der Waals surface area contributed by atoms with E-state index < -0.39 is 0 Å². The van der Waals surface area contributed by atoms with Crippen molar-refractivity contribution in [3.05, 3.63) is 182 Å². The van der Waals surface area contributed by atoms with Crippen molar-refractivity contribution in [2.75, 3.05) is 0 Å². The molecule has 11 aromatic rings. The zero-order chi connectivity index (χ0) is 33.5. The van der Waals surface area contributed by atoms with Crippen LogP contribution in [-0.4, -0.2) is 14.1 Å². The maximum absolute atomic E-state index is 3.60. The first kappa shape index (κ1) is 28.0. The van der Waals surface area contributed by atoms with Crippen LogP contribution in [0, 0.1) is 0 Å². The van der Waals surface area contributed by atoms with Crippen molar-refractivity contribution in [1.82, 2.24) is 14.1 Å². The monoisotopic (exact) mass is 649 g/mol. The molecular weight excluding hydrogens is 619 g/mol. The largest absolute Gasteiger partial charge is 0.354 e. The zero-order valence-electron chi connectivity index (χ0n) is 27.7. The van der Waals surface area contributed by atoms with Crippen LogP contribution in [0.3, 0.4) is 0 Å². The van der Waals surface area contributed by atoms with E-state index in [0.29, 0.717) is 0 Å². The summed E-state index contributed by atoms with van der Waals surface area (Å²) in [5.41, 5.74) is 14.3. The molecule has 0 atom stereocenters. The highest BCUT2D eigenvalue weighted by Crippen LogP contribution is 2.38. The Morgan fingerprint density at radius 2 is 0.765 bits per heavy atom. The number of nitrogens with zero attached hydrogens (tertiary/aromatic N) is 2. The molecule has 0 aliphatic carbocycles. The smallest absolute Gasteiger partial charge is 0.0547 e. The maximum atomic E-state index is 3.60. The highest BCUT2D eigenvalue weighted by Gasteiger charge is 2.16. The third-order valence-electron chi connectivity index (χ3n) is 10.7. The molecule has 3 nitrogen and oxygen atoms in total. The summed E-state index contributed by atoms with van der Waals surface area (Å²) in [6, 6.07) is 66.2. The molecule has 0 unspecified atom stereocenters. The fourth-order valence-electron chi connectivity index (χ4n) is 8.27. The second-order valence-electron chi connectivity index (χ2n) is 13.5. The lowest BCUT2D eigenvalue weighted by Crippen LogP contribution is -1.94. The van der Waals surface area contributed by atoms with E-state index in [1.54, 1.807) is 0 Å². The van der Waals surface area contributed by atoms with Crippen molar-refractivity contribution < 1.29 is 0 Å². The molecule has 0 spiro atoms. The van der Waals surface area contributed by atoms with Gasteiger partial charge in [-0.2, -0.15) is 0 Å². The van der Waals surface area contributed by atoms with Gasteiger partial charge in [-0.15, -0.1) is 0 Å². The number of nitrogens with one attached hydrogen (secondary N) is 1. The number of para-hydroxylation sites is 4. The van der Waals surface area contributed by atoms with Crippen LogP contribution in [0.4, 0.5) is 0 Å². The summed E-state index contributed by atoms with van der Waals surface area (Å²) >= 11 is 0. The van der Waals surface area contributed by atoms with Crippen molar-refractivity contribution >= 4 is 65.4 Å². The summed E-state index contributed by atoms with van der Waals surface area (Å²) in [6.07, 6.45) is 0. The van der Waals surface area contributed by atoms with Gasteiger partial charge in [0.05, 0.1) is 22.1 Å². The Bertz CT molecular complexity index is 3120. The highest BCUT2D eigenvalue weighted by molar-refractivity contribution is 6.13. The van der Waals surface area contributed by atoms with Gasteiger partial charge in [-0.1, -0.05) is 115 Å². The van der Waals surface area contributed by atoms with E-state index in [9.17, 15) is 0 Å². The van der Waals surface area contributed by atoms with Crippen molar-refractivity contribution in [3.63, 3.8) is 0 Å². The van der Waals surface area contributed by atoms with Gasteiger partial charge in [-0.3, -0.25) is 0 Å². The van der Waals surface area contributed by atoms with Crippen molar-refractivity contribution in [2.24, 2.45) is 0 Å². The van der Waals surface area contributed by atoms with E-state index in [2.05, 4.69) is 196 Å². The summed E-state index contributed by atoms with van der Waals surface area (Å²) in [6.45, 7) is 0. The molecule has 0 fully saturated rings. The van der Waals surface area contributed by atoms with Gasteiger partial charge >= 0.3 is 0 Å². The number of benzene rings is 8. The van der Waals surface area contributed by atoms with Crippen LogP contribution in [0.1, 0.15) is 0 Å². The molecule has 0 aliphatic heterocycles. The molecule has 0 radical (unpaired) electrons. The van der Waals surface area contributed by atoms with Gasteiger partial charge in [0, 0.05) is 54.7 Å². The van der Waals surface area contributed by atoms with E-state index in [4.69, 9.17) is 0 Å². The second kappa shape index (κ2) is 10.8. The Hall–Kier alpha value is -6.84. The number of hydrogen-bond donors (Lipinski definition) is 1. The van der Waals surface area contributed by atoms with Crippen LogP contribution in [0.15, 0.2) is 182 Å². The minimum Gasteiger partial charge on any atom is -0.354 e. The maximum Gasteiger partial charge on any atom is 0.0547 e. The standard InChI is InChI=1S/C48H31N3/c1-2-10-35(11-3-1)51-45-16-8-5-13-39(45)41-26-21-34(30-48(41)51)32-22-27-47-42(28-32)40-14-6-9-17-46(40)50(47)36-23-18-31(19-24-36)33-20-25-38-37-12-4-7-15-43(37)49-44(38)29-33/h1-30,49H. The first-order chi connectivity index (χ1) is 25.3. The minimum absolute atomic E-state index is 1.15. The number of aromatic nitrogens is 3. The first-order valence-electron chi connectivity index (χ1n) is 17.5. The third kappa shape index (κ3) is 4.25. The molecule has 51 heavy (non-hydrogen) atoms. The van der Waals surface area contributed by atoms with Gasteiger partial charge < -0.3 is 14.1 Å². The minimum atomic E-state index is 1.15. The van der Waals surface area contributed by atoms with Crippen LogP contribution in [-0.2, 0) is 0 Å². The van der Waals surface area contributed by atoms with E-state index in [-0.39, 0.29) is 0 Å². The number of fused-ring (bicyclic) bond motifs is 9. The van der Waals surface area contributed by atoms with Crippen LogP contribution in [0.5, 0.6) is 0 Å². The number of hydrogen-bond acceptors (Lipinski definition) is 0. The molecule has 238 valence electrons. The van der Waals surface area contributed by atoms with Gasteiger partial charge in [-0.25, -0.2) is 0 Å². The molecule has 3 heteroatoms. The summed E-state index contributed by atoms with van der Waals surface area (Å²) in [7, 11) is 0. The number of aromatic amines is 1. The Kier molecular flexibility index (Phi) is 5.96. The Labute approximate surface area is 294 Å². The lowest BCUT2D eigenvalue weighted by Gasteiger charge is -2.11. The SMILES string of the molecule is c1ccc(-n2c3ccccc3c3ccc(-c4ccc5c(c4)c4ccccc4n5-c4ccc(-c5ccc6c(c5)[nH]c5ccccc56)cc4)cc32)cc1. The average Bonchev–Trinajstić information content (AvgIpc) is 3.85. The van der Waals surface area contributed by atoms with Gasteiger partial charge in [0.15, 0.2) is 0 Å². The van der Waals surface area contributed by atoms with Gasteiger partial charge in [0.1, 0.15) is 0 Å². The summed E-state index contributed by atoms with van der Waals surface area (Å²) in [5.74, 6) is 0. The number of rotatable bonds is 4. The molecular formula is C48H31N3. The summed E-state index contributed by atoms with van der Waals surface area (Å²) in [5, 5.41) is 7.56. The van der Waals surface area contributed by atoms with E-state index in [0.717, 1.165) is 11.2 Å². The fraction of sp³-hybridized carbons (Fsp3) is 0. The molecule has 0 aliphatic rings. The van der Waals surface area contributed by atoms with Gasteiger partial charge in [0.2, 0.25) is 0 Å². The van der Waals surface area contributed by atoms with Crippen molar-refractivity contribution in [2.45, 2.75) is 0 Å². The lowest BCUT2D eigenvalue weighted by molar-refractivity contribution is 1.18. The molecule has 3 aromatic heterocycles. The molecule has 0 amide bonds. The molecule has 8 aromatic carbocycles. The Morgan fingerprint density at radius 1 is 0.275 bits per heavy atom. The van der Waals surface area contributed by atoms with Crippen molar-refractivity contribution in [1.29, 1.82) is 0 Å². The first-order valence-corrected chi connectivity index (χ1v) is 17.5. The lowest BCUT2D eigenvalue weighted by atomic mass is 10.0. The molecule has 3 heterocycles. The van der Waals surface area contributed by atoms with E-state index >= 15 is 0 Å². The summed E-state index contributed by atoms with van der Waals surface area (Å²) in [4.78, 5) is 3.60. The van der Waals surface area contributed by atoms with E-state index in [1.165, 1.54) is 87.8 Å². The van der Waals surface area contributed by atoms with Gasteiger partial charge in [0.25, 0.3) is 0 Å². The van der Waals surface area contributed by atoms with Gasteiger partial charge in [-0.05, 0) is 89.0 Å². The van der Waals surface area contributed by atoms with Crippen LogP contribution >= 0.6 is 0 Å². The number of H-pyrrole nitrogens is 1. The van der Waals surface area contributed by atoms with Crippen LogP contribution in [0.2, 0.25) is 0 Å². The Balaban J connectivity index is 1.02. The van der Waals surface area contributed by atoms with Crippen molar-refractivity contribution in [3.8, 4) is 33.6 Å². The topological polar surface area (TPSA) is 25.6 Å². The molecule has 0 saturated heterocycles. The van der Waals surface area contributed by atoms with Crippen LogP contribution < -0.4 is 0 Å². The normalized spacial score (nSPS) is 11.9. The Morgan fingerprint density at radius 3 is 1.55 bits per heavy atom. The van der Waals surface area contributed by atoms with E-state index in [1.807, 2.05) is 0 Å². The summed E-state index contributed by atoms with van der Waals surface area (Å²) < 4.78 is 4.79. The second-order valence-corrected chi connectivity index (χ2v) is 13.5. The molecule has 0 saturated carbocycles. The molecule has 1 N–H and O–H groups in total. The highest BCUT2D eigenvalue weighted by atomic mass is 15.0. The fourth-order valence-corrected chi connectivity index (χ4v) is 8.27. The zero-order valence-corrected chi connectivity index (χ0v) is 27.7.